The number of likely N-dealkylation sites (tertiary alicyclic amines) is 1. The molecule has 76 heavy (non-hydrogen) atoms. The van der Waals surface area contributed by atoms with Crippen LogP contribution in [0.25, 0.3) is 0 Å². The van der Waals surface area contributed by atoms with Crippen molar-refractivity contribution in [3.8, 4) is 23.0 Å². The van der Waals surface area contributed by atoms with Crippen LogP contribution in [0.3, 0.4) is 0 Å². The molecule has 23 heteroatoms. The van der Waals surface area contributed by atoms with Crippen LogP contribution in [-0.2, 0) is 23.8 Å². The Morgan fingerprint density at radius 3 is 2.16 bits per heavy atom. The molecule has 5 rings (SSSR count). The molecular weight excluding hydrogens is 1020 g/mol. The summed E-state index contributed by atoms with van der Waals surface area (Å²) in [6.07, 6.45) is 6.75. The van der Waals surface area contributed by atoms with Crippen LogP contribution in [-0.4, -0.2) is 162 Å². The van der Waals surface area contributed by atoms with Crippen LogP contribution in [0.4, 0.5) is 25.8 Å². The van der Waals surface area contributed by atoms with E-state index < -0.39 is 42.4 Å². The van der Waals surface area contributed by atoms with Crippen LogP contribution in [0, 0.1) is 0 Å². The fourth-order valence-electron chi connectivity index (χ4n) is 7.74. The highest BCUT2D eigenvalue weighted by Crippen LogP contribution is 2.38. The zero-order chi connectivity index (χ0) is 54.8. The largest absolute Gasteiger partial charge is 0.493 e. The molecule has 2 aliphatic rings. The molecule has 21 nitrogen and oxygen atoms in total. The van der Waals surface area contributed by atoms with E-state index in [2.05, 4.69) is 47.1 Å². The Morgan fingerprint density at radius 1 is 0.855 bits per heavy atom. The summed E-state index contributed by atoms with van der Waals surface area (Å²) in [5, 5.41) is 10.1. The number of hydrogen-bond acceptors (Lipinski definition) is 18. The number of benzene rings is 2. The molecule has 2 aliphatic heterocycles. The van der Waals surface area contributed by atoms with Crippen LogP contribution < -0.4 is 29.6 Å². The van der Waals surface area contributed by atoms with Gasteiger partial charge in [-0.1, -0.05) is 71.6 Å². The van der Waals surface area contributed by atoms with E-state index in [4.69, 9.17) is 42.7 Å². The Morgan fingerprint density at radius 2 is 1.51 bits per heavy atom. The minimum absolute atomic E-state index is 0.0636. The van der Waals surface area contributed by atoms with Gasteiger partial charge in [0.15, 0.2) is 23.0 Å². The fourth-order valence-corrected chi connectivity index (χ4v) is 9.44. The Labute approximate surface area is 451 Å². The average molecular weight is 1090 g/mol. The number of carbonyl (C=O) groups is 5. The minimum atomic E-state index is -0.813. The number of unbranched alkanes of at least 4 members (excludes halogenated alkanes) is 2. The molecule has 0 radical (unpaired) electrons. The Hall–Kier alpha value is -7.37. The Kier molecular flexibility index (Phi) is 24.7. The van der Waals surface area contributed by atoms with Crippen molar-refractivity contribution in [1.82, 2.24) is 19.7 Å². The fraction of sp³-hybridized carbons (Fsp3) is 0.415. The average Bonchev–Trinajstić information content (AvgIpc) is 4.06. The van der Waals surface area contributed by atoms with Gasteiger partial charge in [0.25, 0.3) is 11.8 Å². The molecular formula is C53H67N7O14S2. The maximum atomic E-state index is 14.2. The van der Waals surface area contributed by atoms with Gasteiger partial charge >= 0.3 is 18.3 Å². The number of aromatic nitrogens is 1. The summed E-state index contributed by atoms with van der Waals surface area (Å²) in [6, 6.07) is 11.2. The second kappa shape index (κ2) is 31.5. The first-order valence-corrected chi connectivity index (χ1v) is 26.6. The smallest absolute Gasteiger partial charge is 0.412 e. The normalized spacial score (nSPS) is 14.9. The number of likely N-dealkylation sites (N-methyl/N-ethyl adjacent to an activating group) is 1. The van der Waals surface area contributed by atoms with Gasteiger partial charge in [-0.3, -0.25) is 25.1 Å². The molecule has 5 amide bonds. The van der Waals surface area contributed by atoms with E-state index in [1.54, 1.807) is 18.1 Å². The van der Waals surface area contributed by atoms with E-state index >= 15 is 0 Å². The van der Waals surface area contributed by atoms with E-state index in [-0.39, 0.29) is 91.6 Å². The van der Waals surface area contributed by atoms with Crippen molar-refractivity contribution in [1.29, 1.82) is 0 Å². The molecule has 0 bridgehead atoms. The summed E-state index contributed by atoms with van der Waals surface area (Å²) < 4.78 is 45.3. The van der Waals surface area contributed by atoms with Crippen molar-refractivity contribution in [2.24, 2.45) is 5.16 Å². The molecule has 0 saturated carbocycles. The highest BCUT2D eigenvalue weighted by molar-refractivity contribution is 8.76. The molecule has 2 N–H and O–H groups in total. The number of ether oxygens (including phenoxy) is 8. The van der Waals surface area contributed by atoms with Crippen LogP contribution in [0.15, 0.2) is 108 Å². The lowest BCUT2D eigenvalue weighted by Crippen LogP contribution is -2.37. The molecule has 2 atom stereocenters. The van der Waals surface area contributed by atoms with E-state index in [0.717, 1.165) is 10.6 Å². The van der Waals surface area contributed by atoms with Gasteiger partial charge in [-0.25, -0.2) is 19.4 Å². The van der Waals surface area contributed by atoms with Gasteiger partial charge in [-0.05, 0) is 73.6 Å². The van der Waals surface area contributed by atoms with Crippen molar-refractivity contribution >= 4 is 69.3 Å². The van der Waals surface area contributed by atoms with Gasteiger partial charge in [-0.15, -0.1) is 0 Å². The first kappa shape index (κ1) is 59.5. The third-order valence-electron chi connectivity index (χ3n) is 11.4. The third-order valence-corrected chi connectivity index (χ3v) is 13.6. The maximum Gasteiger partial charge on any atom is 0.412 e. The number of amides is 5. The first-order chi connectivity index (χ1) is 36.8. The summed E-state index contributed by atoms with van der Waals surface area (Å²) in [5.41, 5.74) is 2.06. The number of methoxy groups -OCH3 is 2. The zero-order valence-electron chi connectivity index (χ0n) is 43.4. The van der Waals surface area contributed by atoms with Crippen LogP contribution in [0.2, 0.25) is 0 Å². The number of nitrogens with zero attached hydrogens (tertiary/aromatic N) is 5. The summed E-state index contributed by atoms with van der Waals surface area (Å²) >= 11 is 0. The van der Waals surface area contributed by atoms with Gasteiger partial charge in [0.1, 0.15) is 38.2 Å². The van der Waals surface area contributed by atoms with Crippen molar-refractivity contribution in [2.75, 3.05) is 104 Å². The summed E-state index contributed by atoms with van der Waals surface area (Å²) in [6.45, 7) is 17.2. The van der Waals surface area contributed by atoms with E-state index in [1.165, 1.54) is 95.3 Å². The molecule has 3 heterocycles. The highest BCUT2D eigenvalue weighted by atomic mass is 33.1. The quantitative estimate of drug-likeness (QED) is 0.0158. The lowest BCUT2D eigenvalue weighted by Gasteiger charge is -2.24. The molecule has 2 fully saturated rings. The van der Waals surface area contributed by atoms with E-state index in [9.17, 15) is 24.0 Å². The second-order valence-corrected chi connectivity index (χ2v) is 19.4. The number of carbonyl (C=O) groups excluding carboxylic acids is 5. The standard InChI is InChI=1S/C53H67N7O14S2/c1-9-21-72-51(63)56-41-31-45(43(66-6)29-39(41)49(61)58(5)34-36(3)17-18-48-59(20-25-71-48)53(65)74-22-10-2)69-23-14-11-15-24-70-46-32-42(57-52(64)73-26-27-75-76-47-16-12-13-19-54-47)40(30-44(46)67-7)50(62)60-35-37(4)28-38(60)33-55-68-8/h9-10,12-13,16,19,29-33,38,48H,1-4,11,14-15,17-18,20-28,34-35H2,5-8H3,(H,56,63)(H,57,64)/b55-33+/t38-,48?/m0/s1. The lowest BCUT2D eigenvalue weighted by molar-refractivity contribution is 0.0223. The van der Waals surface area contributed by atoms with Gasteiger partial charge in [0.2, 0.25) is 0 Å². The molecule has 1 unspecified atom stereocenters. The SMILES string of the molecule is C=CCOC(=O)Nc1cc(OCCCCCOc2cc(NC(=O)OCCSSc3ccccn3)c(C(=O)N3CC(=C)C[C@H]3/C=N/OC)cc2OC)c(OC)cc1C(=O)N(C)CC(=C)CCC1OCCN1C(=O)OCC=C. The van der Waals surface area contributed by atoms with Crippen molar-refractivity contribution in [3.63, 3.8) is 0 Å². The maximum absolute atomic E-state index is 14.2. The number of rotatable bonds is 30. The van der Waals surface area contributed by atoms with Gasteiger partial charge in [0.05, 0.1) is 75.3 Å². The van der Waals surface area contributed by atoms with Crippen LogP contribution >= 0.6 is 21.6 Å². The number of nitrogens with one attached hydrogen (secondary N) is 2. The minimum Gasteiger partial charge on any atom is -0.493 e. The number of anilines is 2. The molecule has 3 aromatic rings. The lowest BCUT2D eigenvalue weighted by atomic mass is 10.1. The summed E-state index contributed by atoms with van der Waals surface area (Å²) in [5.74, 6) is 0.703. The van der Waals surface area contributed by atoms with Crippen molar-refractivity contribution < 1.29 is 66.7 Å². The topological polar surface area (TPSA) is 227 Å². The molecule has 2 saturated heterocycles. The monoisotopic (exact) mass is 1090 g/mol. The predicted octanol–water partition coefficient (Wildman–Crippen LogP) is 9.24. The Bertz CT molecular complexity index is 2530. The molecule has 0 spiro atoms. The number of oxime groups is 1. The predicted molar refractivity (Wildman–Crippen MR) is 291 cm³/mol. The molecule has 1 aromatic heterocycles. The third kappa shape index (κ3) is 18.2. The zero-order valence-corrected chi connectivity index (χ0v) is 45.0. The molecule has 410 valence electrons. The van der Waals surface area contributed by atoms with Gasteiger partial charge in [0, 0.05) is 44.2 Å². The van der Waals surface area contributed by atoms with Crippen molar-refractivity contribution in [2.45, 2.75) is 55.8 Å². The van der Waals surface area contributed by atoms with E-state index in [0.29, 0.717) is 63.0 Å². The second-order valence-electron chi connectivity index (χ2n) is 16.9. The number of pyridine rings is 1. The van der Waals surface area contributed by atoms with E-state index in [1.807, 2.05) is 18.2 Å². The molecule has 2 aromatic carbocycles. The van der Waals surface area contributed by atoms with Crippen molar-refractivity contribution in [3.05, 3.63) is 109 Å². The van der Waals surface area contributed by atoms with Crippen LogP contribution in [0.5, 0.6) is 23.0 Å². The van der Waals surface area contributed by atoms with Gasteiger partial charge in [-0.2, -0.15) is 0 Å². The summed E-state index contributed by atoms with van der Waals surface area (Å²) in [4.78, 5) is 80.4. The highest BCUT2D eigenvalue weighted by Gasteiger charge is 2.34. The van der Waals surface area contributed by atoms with Gasteiger partial charge < -0.3 is 52.5 Å². The van der Waals surface area contributed by atoms with Crippen LogP contribution in [0.1, 0.15) is 59.2 Å². The molecule has 0 aliphatic carbocycles. The Balaban J connectivity index is 1.20. The first-order valence-electron chi connectivity index (χ1n) is 24.3. The summed E-state index contributed by atoms with van der Waals surface area (Å²) in [7, 11) is 8.86. The number of hydrogen-bond donors (Lipinski definition) is 2.